The van der Waals surface area contributed by atoms with Gasteiger partial charge in [-0.3, -0.25) is 9.59 Å². The van der Waals surface area contributed by atoms with E-state index in [0.717, 1.165) is 11.1 Å². The highest BCUT2D eigenvalue weighted by atomic mass is 16.5. The van der Waals surface area contributed by atoms with Crippen LogP contribution in [0.4, 0.5) is 0 Å². The Morgan fingerprint density at radius 1 is 0.958 bits per heavy atom. The van der Waals surface area contributed by atoms with Crippen LogP contribution in [-0.2, 0) is 14.3 Å². The van der Waals surface area contributed by atoms with E-state index in [9.17, 15) is 14.4 Å². The lowest BCUT2D eigenvalue weighted by Crippen LogP contribution is -2.41. The normalized spacial score (nSPS) is 11.4. The number of hydrogen-bond donors (Lipinski definition) is 1. The van der Waals surface area contributed by atoms with Gasteiger partial charge >= 0.3 is 5.97 Å². The molecule has 0 saturated carbocycles. The Morgan fingerprint density at radius 2 is 1.54 bits per heavy atom. The molecule has 0 bridgehead atoms. The minimum absolute atomic E-state index is 0.142. The summed E-state index contributed by atoms with van der Waals surface area (Å²) in [4.78, 5) is 35.2. The summed E-state index contributed by atoms with van der Waals surface area (Å²) in [5, 5.41) is 2.43. The maximum atomic E-state index is 12.3. The van der Waals surface area contributed by atoms with E-state index in [1.807, 2.05) is 42.5 Å². The average molecular weight is 325 g/mol. The number of nitrogens with one attached hydrogen (secondary N) is 1. The van der Waals surface area contributed by atoms with Crippen molar-refractivity contribution in [1.29, 1.82) is 0 Å². The predicted molar refractivity (Wildman–Crippen MR) is 90.4 cm³/mol. The fourth-order valence-electron chi connectivity index (χ4n) is 2.36. The van der Waals surface area contributed by atoms with Gasteiger partial charge in [-0.15, -0.1) is 0 Å². The molecule has 0 heterocycles. The van der Waals surface area contributed by atoms with Crippen LogP contribution in [0.5, 0.6) is 0 Å². The summed E-state index contributed by atoms with van der Waals surface area (Å²) >= 11 is 0. The van der Waals surface area contributed by atoms with Crippen molar-refractivity contribution in [2.24, 2.45) is 0 Å². The van der Waals surface area contributed by atoms with Gasteiger partial charge in [-0.1, -0.05) is 54.6 Å². The highest BCUT2D eigenvalue weighted by Crippen LogP contribution is 2.20. The Kier molecular flexibility index (Phi) is 5.84. The number of Topliss-reactive ketones (excluding diaryl/α,β-unsaturated/α-hetero) is 1. The first-order valence-corrected chi connectivity index (χ1v) is 7.55. The maximum absolute atomic E-state index is 12.3. The largest absolute Gasteiger partial charge is 0.467 e. The van der Waals surface area contributed by atoms with Gasteiger partial charge < -0.3 is 10.1 Å². The maximum Gasteiger partial charge on any atom is 0.328 e. The van der Waals surface area contributed by atoms with Crippen molar-refractivity contribution in [2.45, 2.75) is 19.4 Å². The number of ether oxygens (including phenoxy) is 1. The third-order valence-electron chi connectivity index (χ3n) is 3.57. The molecule has 0 spiro atoms. The summed E-state index contributed by atoms with van der Waals surface area (Å²) in [5.41, 5.74) is 2.54. The molecule has 0 unspecified atom stereocenters. The van der Waals surface area contributed by atoms with Crippen molar-refractivity contribution in [2.75, 3.05) is 7.11 Å². The van der Waals surface area contributed by atoms with Crippen molar-refractivity contribution in [1.82, 2.24) is 5.32 Å². The van der Waals surface area contributed by atoms with Crippen LogP contribution in [0.15, 0.2) is 54.6 Å². The molecule has 0 aliphatic heterocycles. The molecule has 2 aromatic carbocycles. The molecule has 1 N–H and O–H groups in total. The molecule has 0 radical (unpaired) electrons. The molecule has 5 nitrogen and oxygen atoms in total. The van der Waals surface area contributed by atoms with Crippen LogP contribution in [0, 0.1) is 0 Å². The van der Waals surface area contributed by atoms with Gasteiger partial charge in [0.2, 0.25) is 5.91 Å². The van der Waals surface area contributed by atoms with Gasteiger partial charge in [0.15, 0.2) is 5.78 Å². The van der Waals surface area contributed by atoms with Crippen molar-refractivity contribution in [3.8, 4) is 11.1 Å². The molecule has 0 aliphatic carbocycles. The average Bonchev–Trinajstić information content (AvgIpc) is 2.61. The minimum atomic E-state index is -0.978. The lowest BCUT2D eigenvalue weighted by Gasteiger charge is -2.14. The molecule has 1 atom stereocenters. The first-order chi connectivity index (χ1) is 11.5. The third kappa shape index (κ3) is 4.52. The second-order valence-corrected chi connectivity index (χ2v) is 5.35. The van der Waals surface area contributed by atoms with E-state index in [0.29, 0.717) is 5.56 Å². The Hall–Kier alpha value is -2.95. The van der Waals surface area contributed by atoms with Crippen LogP contribution in [0.3, 0.4) is 0 Å². The summed E-state index contributed by atoms with van der Waals surface area (Å²) in [5.74, 6) is -1.27. The summed E-state index contributed by atoms with van der Waals surface area (Å²) in [6.07, 6.45) is -0.142. The lowest BCUT2D eigenvalue weighted by molar-refractivity contribution is -0.144. The quantitative estimate of drug-likeness (QED) is 0.654. The number of amides is 1. The number of hydrogen-bond acceptors (Lipinski definition) is 4. The molecule has 2 rings (SSSR count). The molecule has 0 aliphatic rings. The summed E-state index contributed by atoms with van der Waals surface area (Å²) in [6.45, 7) is 1.29. The number of rotatable bonds is 6. The molecule has 124 valence electrons. The molecular weight excluding hydrogens is 306 g/mol. The predicted octanol–water partition coefficient (Wildman–Crippen LogP) is 2.60. The van der Waals surface area contributed by atoms with Gasteiger partial charge in [-0.2, -0.15) is 0 Å². The Bertz CT molecular complexity index is 723. The van der Waals surface area contributed by atoms with Gasteiger partial charge in [0.25, 0.3) is 0 Å². The first kappa shape index (κ1) is 17.4. The lowest BCUT2D eigenvalue weighted by atomic mass is 9.99. The summed E-state index contributed by atoms with van der Waals surface area (Å²) in [7, 11) is 1.22. The highest BCUT2D eigenvalue weighted by Gasteiger charge is 2.24. The first-order valence-electron chi connectivity index (χ1n) is 7.55. The number of benzene rings is 2. The highest BCUT2D eigenvalue weighted by molar-refractivity contribution is 6.00. The van der Waals surface area contributed by atoms with E-state index in [1.165, 1.54) is 14.0 Å². The van der Waals surface area contributed by atoms with Crippen LogP contribution >= 0.6 is 0 Å². The van der Waals surface area contributed by atoms with Crippen LogP contribution in [0.25, 0.3) is 11.1 Å². The molecule has 0 aromatic heterocycles. The van der Waals surface area contributed by atoms with Crippen LogP contribution in [0.2, 0.25) is 0 Å². The number of carbonyl (C=O) groups is 3. The SMILES string of the molecule is COC(=O)[C@H](CC(=O)c1ccc(-c2ccccc2)cc1)NC(C)=O. The van der Waals surface area contributed by atoms with E-state index < -0.39 is 17.9 Å². The van der Waals surface area contributed by atoms with Crippen molar-refractivity contribution in [3.63, 3.8) is 0 Å². The van der Waals surface area contributed by atoms with Crippen molar-refractivity contribution in [3.05, 3.63) is 60.2 Å². The van der Waals surface area contributed by atoms with E-state index >= 15 is 0 Å². The molecule has 5 heteroatoms. The fraction of sp³-hybridized carbons (Fsp3) is 0.211. The van der Waals surface area contributed by atoms with Gasteiger partial charge in [-0.05, 0) is 11.1 Å². The zero-order chi connectivity index (χ0) is 17.5. The topological polar surface area (TPSA) is 72.5 Å². The standard InChI is InChI=1S/C19H19NO4/c1-13(21)20-17(19(23)24-2)12-18(22)16-10-8-15(9-11-16)14-6-4-3-5-7-14/h3-11,17H,12H2,1-2H3,(H,20,21)/t17-/m0/s1. The number of esters is 1. The Balaban J connectivity index is 2.11. The molecule has 2 aromatic rings. The number of carbonyl (C=O) groups excluding carboxylic acids is 3. The monoisotopic (exact) mass is 325 g/mol. The van der Waals surface area contributed by atoms with Gasteiger partial charge in [0.1, 0.15) is 6.04 Å². The molecule has 0 fully saturated rings. The number of methoxy groups -OCH3 is 1. The zero-order valence-electron chi connectivity index (χ0n) is 13.6. The summed E-state index contributed by atoms with van der Waals surface area (Å²) < 4.78 is 4.62. The Morgan fingerprint density at radius 3 is 2.08 bits per heavy atom. The fourth-order valence-corrected chi connectivity index (χ4v) is 2.36. The number of ketones is 1. The molecule has 1 amide bonds. The minimum Gasteiger partial charge on any atom is -0.467 e. The molecule has 0 saturated heterocycles. The molecular formula is C19H19NO4. The van der Waals surface area contributed by atoms with Gasteiger partial charge in [-0.25, -0.2) is 4.79 Å². The smallest absolute Gasteiger partial charge is 0.328 e. The van der Waals surface area contributed by atoms with Gasteiger partial charge in [0.05, 0.1) is 7.11 Å². The van der Waals surface area contributed by atoms with Gasteiger partial charge in [0, 0.05) is 18.9 Å². The Labute approximate surface area is 140 Å². The van der Waals surface area contributed by atoms with E-state index in [2.05, 4.69) is 10.1 Å². The van der Waals surface area contributed by atoms with Crippen molar-refractivity contribution >= 4 is 17.7 Å². The van der Waals surface area contributed by atoms with E-state index in [-0.39, 0.29) is 12.2 Å². The van der Waals surface area contributed by atoms with Crippen LogP contribution < -0.4 is 5.32 Å². The molecule has 24 heavy (non-hydrogen) atoms. The summed E-state index contributed by atoms with van der Waals surface area (Å²) in [6, 6.07) is 16.0. The van der Waals surface area contributed by atoms with Crippen LogP contribution in [-0.4, -0.2) is 30.8 Å². The van der Waals surface area contributed by atoms with E-state index in [1.54, 1.807) is 12.1 Å². The third-order valence-corrected chi connectivity index (χ3v) is 3.57. The second kappa shape index (κ2) is 8.06. The van der Waals surface area contributed by atoms with Crippen molar-refractivity contribution < 1.29 is 19.1 Å². The van der Waals surface area contributed by atoms with Crippen LogP contribution in [0.1, 0.15) is 23.7 Å². The zero-order valence-corrected chi connectivity index (χ0v) is 13.6. The second-order valence-electron chi connectivity index (χ2n) is 5.35. The van der Waals surface area contributed by atoms with E-state index in [4.69, 9.17) is 0 Å².